The van der Waals surface area contributed by atoms with Gasteiger partial charge in [-0.1, -0.05) is 11.6 Å². The van der Waals surface area contributed by atoms with E-state index in [1.165, 1.54) is 25.9 Å². The zero-order valence-electron chi connectivity index (χ0n) is 10.7. The number of halogens is 1. The van der Waals surface area contributed by atoms with E-state index in [9.17, 15) is 0 Å². The molecule has 2 nitrogen and oxygen atoms in total. The van der Waals surface area contributed by atoms with Crippen molar-refractivity contribution in [2.24, 2.45) is 0 Å². The van der Waals surface area contributed by atoms with Gasteiger partial charge in [-0.2, -0.15) is 0 Å². The number of aryl methyl sites for hydroxylation is 2. The van der Waals surface area contributed by atoms with Crippen LogP contribution in [0.2, 0.25) is 5.02 Å². The number of ether oxygens (including phenoxy) is 1. The Morgan fingerprint density at radius 3 is 2.35 bits per heavy atom. The van der Waals surface area contributed by atoms with E-state index in [-0.39, 0.29) is 0 Å². The number of rotatable bonds is 4. The molecule has 94 valence electrons. The van der Waals surface area contributed by atoms with Gasteiger partial charge in [-0.3, -0.25) is 0 Å². The van der Waals surface area contributed by atoms with Crippen molar-refractivity contribution < 1.29 is 9.64 Å². The highest BCUT2D eigenvalue weighted by atomic mass is 35.5. The van der Waals surface area contributed by atoms with Crippen LogP contribution in [0.1, 0.15) is 24.0 Å². The summed E-state index contributed by atoms with van der Waals surface area (Å²) >= 11 is 6.13. The monoisotopic (exact) mass is 254 g/mol. The third-order valence-corrected chi connectivity index (χ3v) is 4.04. The summed E-state index contributed by atoms with van der Waals surface area (Å²) < 4.78 is 5.81. The van der Waals surface area contributed by atoms with E-state index in [4.69, 9.17) is 16.3 Å². The third-order valence-electron chi connectivity index (χ3n) is 3.44. The Hall–Kier alpha value is -0.730. The summed E-state index contributed by atoms with van der Waals surface area (Å²) in [6.45, 7) is 8.57. The zero-order valence-corrected chi connectivity index (χ0v) is 11.4. The van der Waals surface area contributed by atoms with Crippen molar-refractivity contribution in [2.75, 3.05) is 26.2 Å². The Morgan fingerprint density at radius 1 is 1.18 bits per heavy atom. The second kappa shape index (κ2) is 5.74. The highest BCUT2D eigenvalue weighted by Gasteiger charge is 2.14. The highest BCUT2D eigenvalue weighted by molar-refractivity contribution is 6.32. The molecular formula is C14H21ClNO+. The number of hydrogen-bond acceptors (Lipinski definition) is 1. The van der Waals surface area contributed by atoms with E-state index in [2.05, 4.69) is 0 Å². The molecule has 1 saturated heterocycles. The van der Waals surface area contributed by atoms with Crippen molar-refractivity contribution in [3.05, 3.63) is 28.3 Å². The van der Waals surface area contributed by atoms with Crippen LogP contribution in [-0.2, 0) is 0 Å². The van der Waals surface area contributed by atoms with E-state index < -0.39 is 0 Å². The van der Waals surface area contributed by atoms with Gasteiger partial charge in [0.25, 0.3) is 0 Å². The van der Waals surface area contributed by atoms with Gasteiger partial charge < -0.3 is 9.64 Å². The van der Waals surface area contributed by atoms with Crippen LogP contribution in [0, 0.1) is 13.8 Å². The van der Waals surface area contributed by atoms with Crippen molar-refractivity contribution in [1.82, 2.24) is 0 Å². The van der Waals surface area contributed by atoms with E-state index >= 15 is 0 Å². The predicted molar refractivity (Wildman–Crippen MR) is 71.2 cm³/mol. The maximum absolute atomic E-state index is 6.13. The first kappa shape index (κ1) is 12.7. The first-order chi connectivity index (χ1) is 8.16. The van der Waals surface area contributed by atoms with Gasteiger partial charge in [-0.15, -0.1) is 0 Å². The highest BCUT2D eigenvalue weighted by Crippen LogP contribution is 2.25. The van der Waals surface area contributed by atoms with Crippen LogP contribution in [0.15, 0.2) is 12.1 Å². The zero-order chi connectivity index (χ0) is 12.3. The van der Waals surface area contributed by atoms with Crippen molar-refractivity contribution in [2.45, 2.75) is 26.7 Å². The minimum absolute atomic E-state index is 0.801. The Labute approximate surface area is 109 Å². The lowest BCUT2D eigenvalue weighted by molar-refractivity contribution is -0.887. The number of quaternary nitrogens is 1. The fourth-order valence-electron chi connectivity index (χ4n) is 2.43. The van der Waals surface area contributed by atoms with Gasteiger partial charge in [0.05, 0.1) is 13.1 Å². The first-order valence-electron chi connectivity index (χ1n) is 6.40. The van der Waals surface area contributed by atoms with Crippen molar-refractivity contribution >= 4 is 11.6 Å². The molecule has 1 aliphatic heterocycles. The first-order valence-corrected chi connectivity index (χ1v) is 6.78. The van der Waals surface area contributed by atoms with Crippen LogP contribution in [-0.4, -0.2) is 26.2 Å². The molecule has 0 atom stereocenters. The SMILES string of the molecule is Cc1cc(OCC[NH+]2CCCC2)cc(C)c1Cl. The molecule has 0 aliphatic carbocycles. The number of benzene rings is 1. The minimum atomic E-state index is 0.801. The maximum atomic E-state index is 6.13. The quantitative estimate of drug-likeness (QED) is 0.868. The lowest BCUT2D eigenvalue weighted by Crippen LogP contribution is -3.10. The van der Waals surface area contributed by atoms with Gasteiger partial charge in [0.2, 0.25) is 0 Å². The molecule has 1 N–H and O–H groups in total. The van der Waals surface area contributed by atoms with Crippen molar-refractivity contribution in [1.29, 1.82) is 0 Å². The number of likely N-dealkylation sites (tertiary alicyclic amines) is 1. The van der Waals surface area contributed by atoms with Crippen molar-refractivity contribution in [3.63, 3.8) is 0 Å². The van der Waals surface area contributed by atoms with Crippen LogP contribution in [0.4, 0.5) is 0 Å². The Kier molecular flexibility index (Phi) is 4.30. The summed E-state index contributed by atoms with van der Waals surface area (Å²) in [6, 6.07) is 4.04. The molecule has 0 radical (unpaired) electrons. The van der Waals surface area contributed by atoms with E-state index in [1.807, 2.05) is 26.0 Å². The second-order valence-electron chi connectivity index (χ2n) is 4.93. The minimum Gasteiger partial charge on any atom is -0.488 e. The molecular weight excluding hydrogens is 234 g/mol. The van der Waals surface area contributed by atoms with Gasteiger partial charge in [-0.05, 0) is 37.1 Å². The van der Waals surface area contributed by atoms with Crippen LogP contribution >= 0.6 is 11.6 Å². The molecule has 0 bridgehead atoms. The molecule has 1 aliphatic rings. The smallest absolute Gasteiger partial charge is 0.137 e. The average molecular weight is 255 g/mol. The van der Waals surface area contributed by atoms with Gasteiger partial charge in [-0.25, -0.2) is 0 Å². The fourth-order valence-corrected chi connectivity index (χ4v) is 2.54. The van der Waals surface area contributed by atoms with Crippen LogP contribution in [0.25, 0.3) is 0 Å². The summed E-state index contributed by atoms with van der Waals surface area (Å²) in [4.78, 5) is 1.67. The molecule has 3 heteroatoms. The van der Waals surface area contributed by atoms with Crippen LogP contribution in [0.5, 0.6) is 5.75 Å². The summed E-state index contributed by atoms with van der Waals surface area (Å²) in [5.74, 6) is 0.947. The predicted octanol–water partition coefficient (Wildman–Crippen LogP) is 2.01. The maximum Gasteiger partial charge on any atom is 0.137 e. The van der Waals surface area contributed by atoms with Gasteiger partial charge in [0, 0.05) is 17.9 Å². The lowest BCUT2D eigenvalue weighted by atomic mass is 10.1. The summed E-state index contributed by atoms with van der Waals surface area (Å²) in [5.41, 5.74) is 2.19. The number of nitrogens with one attached hydrogen (secondary N) is 1. The molecule has 0 amide bonds. The average Bonchev–Trinajstić information content (AvgIpc) is 2.79. The topological polar surface area (TPSA) is 13.7 Å². The molecule has 0 spiro atoms. The summed E-state index contributed by atoms with van der Waals surface area (Å²) in [7, 11) is 0. The van der Waals surface area contributed by atoms with E-state index in [1.54, 1.807) is 4.90 Å². The molecule has 1 aromatic rings. The van der Waals surface area contributed by atoms with Gasteiger partial charge >= 0.3 is 0 Å². The molecule has 1 aromatic carbocycles. The Morgan fingerprint density at radius 2 is 1.76 bits per heavy atom. The number of hydrogen-bond donors (Lipinski definition) is 1. The van der Waals surface area contributed by atoms with Crippen LogP contribution in [0.3, 0.4) is 0 Å². The Bertz CT molecular complexity index is 363. The van der Waals surface area contributed by atoms with E-state index in [0.29, 0.717) is 0 Å². The second-order valence-corrected chi connectivity index (χ2v) is 5.30. The van der Waals surface area contributed by atoms with Crippen molar-refractivity contribution in [3.8, 4) is 5.75 Å². The van der Waals surface area contributed by atoms with Gasteiger partial charge in [0.15, 0.2) is 0 Å². The summed E-state index contributed by atoms with van der Waals surface area (Å²) in [6.07, 6.45) is 2.74. The van der Waals surface area contributed by atoms with E-state index in [0.717, 1.165) is 35.1 Å². The van der Waals surface area contributed by atoms with Crippen LogP contribution < -0.4 is 9.64 Å². The lowest BCUT2D eigenvalue weighted by Gasteiger charge is -2.13. The standard InChI is InChI=1S/C14H20ClNO/c1-11-9-13(10-12(2)14(11)15)17-8-7-16-5-3-4-6-16/h9-10H,3-8H2,1-2H3/p+1. The molecule has 2 rings (SSSR count). The third kappa shape index (κ3) is 3.36. The molecule has 0 saturated carbocycles. The molecule has 1 fully saturated rings. The normalized spacial score (nSPS) is 16.4. The molecule has 0 unspecified atom stereocenters. The molecule has 1 heterocycles. The summed E-state index contributed by atoms with van der Waals surface area (Å²) in [5, 5.41) is 0.850. The fraction of sp³-hybridized carbons (Fsp3) is 0.571. The molecule has 17 heavy (non-hydrogen) atoms. The largest absolute Gasteiger partial charge is 0.488 e. The Balaban J connectivity index is 1.86. The van der Waals surface area contributed by atoms with Gasteiger partial charge in [0.1, 0.15) is 18.9 Å². The molecule has 0 aromatic heterocycles.